The van der Waals surface area contributed by atoms with Crippen LogP contribution in [0.2, 0.25) is 0 Å². The number of esters is 1. The molecule has 0 amide bonds. The molecule has 134 valence electrons. The third-order valence-corrected chi connectivity index (χ3v) is 4.23. The number of benzene rings is 3. The van der Waals surface area contributed by atoms with Gasteiger partial charge in [-0.2, -0.15) is 0 Å². The molecule has 3 aromatic rings. The predicted molar refractivity (Wildman–Crippen MR) is 97.9 cm³/mol. The molecule has 1 heterocycles. The van der Waals surface area contributed by atoms with Crippen molar-refractivity contribution < 1.29 is 23.8 Å². The maximum absolute atomic E-state index is 13.0. The smallest absolute Gasteiger partial charge is 0.339 e. The molecule has 1 atom stereocenters. The van der Waals surface area contributed by atoms with Crippen molar-refractivity contribution >= 4 is 11.8 Å². The summed E-state index contributed by atoms with van der Waals surface area (Å²) in [5.41, 5.74) is 1.38. The molecule has 3 aromatic carbocycles. The molecule has 0 aromatic heterocycles. The third-order valence-electron chi connectivity index (χ3n) is 4.23. The fraction of sp³-hybridized carbons (Fsp3) is 0.0909. The molecule has 1 unspecified atom stereocenters. The van der Waals surface area contributed by atoms with E-state index in [2.05, 4.69) is 0 Å². The molecule has 5 nitrogen and oxygen atoms in total. The van der Waals surface area contributed by atoms with Crippen LogP contribution >= 0.6 is 0 Å². The van der Waals surface area contributed by atoms with E-state index in [0.29, 0.717) is 28.2 Å². The fourth-order valence-electron chi connectivity index (χ4n) is 2.85. The quantitative estimate of drug-likeness (QED) is 0.504. The van der Waals surface area contributed by atoms with Crippen LogP contribution in [0.3, 0.4) is 0 Å². The van der Waals surface area contributed by atoms with Crippen molar-refractivity contribution in [3.8, 4) is 11.5 Å². The molecule has 1 aliphatic rings. The van der Waals surface area contributed by atoms with Gasteiger partial charge in [0.15, 0.2) is 17.6 Å². The number of hydrogen-bond donors (Lipinski definition) is 0. The number of carbonyl (C=O) groups excluding carboxylic acids is 2. The van der Waals surface area contributed by atoms with Crippen LogP contribution in [-0.4, -0.2) is 18.5 Å². The summed E-state index contributed by atoms with van der Waals surface area (Å²) in [5, 5.41) is 0. The average molecular weight is 360 g/mol. The van der Waals surface area contributed by atoms with Crippen molar-refractivity contribution in [2.75, 3.05) is 6.79 Å². The highest BCUT2D eigenvalue weighted by Gasteiger charge is 2.27. The molecule has 0 radical (unpaired) electrons. The van der Waals surface area contributed by atoms with Gasteiger partial charge in [0.05, 0.1) is 5.56 Å². The average Bonchev–Trinajstić information content (AvgIpc) is 3.20. The molecule has 27 heavy (non-hydrogen) atoms. The van der Waals surface area contributed by atoms with Crippen LogP contribution in [0.4, 0.5) is 0 Å². The molecule has 0 saturated heterocycles. The maximum atomic E-state index is 13.0. The molecule has 0 fully saturated rings. The number of rotatable bonds is 5. The van der Waals surface area contributed by atoms with Gasteiger partial charge in [-0.15, -0.1) is 0 Å². The molecule has 1 aliphatic heterocycles. The first-order valence-corrected chi connectivity index (χ1v) is 8.47. The van der Waals surface area contributed by atoms with Gasteiger partial charge in [0.1, 0.15) is 0 Å². The summed E-state index contributed by atoms with van der Waals surface area (Å²) in [5.74, 6) is 0.170. The van der Waals surface area contributed by atoms with Crippen molar-refractivity contribution in [1.29, 1.82) is 0 Å². The summed E-state index contributed by atoms with van der Waals surface area (Å²) in [7, 11) is 0. The van der Waals surface area contributed by atoms with Gasteiger partial charge in [-0.3, -0.25) is 4.79 Å². The molecule has 0 spiro atoms. The van der Waals surface area contributed by atoms with Crippen molar-refractivity contribution in [1.82, 2.24) is 0 Å². The fourth-order valence-corrected chi connectivity index (χ4v) is 2.85. The Hall–Kier alpha value is -3.60. The third kappa shape index (κ3) is 3.53. The van der Waals surface area contributed by atoms with E-state index in [-0.39, 0.29) is 12.6 Å². The van der Waals surface area contributed by atoms with Crippen LogP contribution in [-0.2, 0) is 4.74 Å². The first-order valence-electron chi connectivity index (χ1n) is 8.47. The van der Waals surface area contributed by atoms with Crippen molar-refractivity contribution in [2.24, 2.45) is 0 Å². The lowest BCUT2D eigenvalue weighted by molar-refractivity contribution is 0.0280. The van der Waals surface area contributed by atoms with E-state index in [9.17, 15) is 9.59 Å². The second-order valence-corrected chi connectivity index (χ2v) is 5.99. The summed E-state index contributed by atoms with van der Waals surface area (Å²) >= 11 is 0. The van der Waals surface area contributed by atoms with Gasteiger partial charge in [-0.05, 0) is 18.2 Å². The van der Waals surface area contributed by atoms with Gasteiger partial charge in [0.25, 0.3) is 0 Å². The number of fused-ring (bicyclic) bond motifs is 1. The minimum atomic E-state index is -1.04. The topological polar surface area (TPSA) is 61.8 Å². The SMILES string of the molecule is O=C(OC(C(=O)c1ccccc1)c1ccccc1)c1ccc2c(c1)OCO2. The van der Waals surface area contributed by atoms with Gasteiger partial charge in [-0.1, -0.05) is 60.7 Å². The number of ketones is 1. The first kappa shape index (κ1) is 16.8. The Morgan fingerprint density at radius 1 is 0.778 bits per heavy atom. The Balaban J connectivity index is 1.63. The van der Waals surface area contributed by atoms with Crippen molar-refractivity contribution in [3.05, 3.63) is 95.6 Å². The van der Waals surface area contributed by atoms with Crippen molar-refractivity contribution in [3.63, 3.8) is 0 Å². The summed E-state index contributed by atoms with van der Waals surface area (Å²) in [6, 6.07) is 22.5. The Morgan fingerprint density at radius 3 is 2.19 bits per heavy atom. The zero-order valence-electron chi connectivity index (χ0n) is 14.3. The van der Waals surface area contributed by atoms with Gasteiger partial charge in [0, 0.05) is 11.1 Å². The summed E-state index contributed by atoms with van der Waals surface area (Å²) in [6.45, 7) is 0.118. The van der Waals surface area contributed by atoms with E-state index in [0.717, 1.165) is 0 Å². The van der Waals surface area contributed by atoms with Gasteiger partial charge in [0.2, 0.25) is 12.6 Å². The van der Waals surface area contributed by atoms with Crippen molar-refractivity contribution in [2.45, 2.75) is 6.10 Å². The summed E-state index contributed by atoms with van der Waals surface area (Å²) < 4.78 is 16.2. The highest BCUT2D eigenvalue weighted by Crippen LogP contribution is 2.33. The van der Waals surface area contributed by atoms with Crippen LogP contribution in [0, 0.1) is 0 Å². The Labute approximate surface area is 156 Å². The van der Waals surface area contributed by atoms with Crippen LogP contribution in [0.5, 0.6) is 11.5 Å². The lowest BCUT2D eigenvalue weighted by Crippen LogP contribution is -2.20. The minimum Gasteiger partial charge on any atom is -0.454 e. The molecule has 0 bridgehead atoms. The summed E-state index contributed by atoms with van der Waals surface area (Å²) in [6.07, 6.45) is -1.04. The normalized spacial score (nSPS) is 13.0. The highest BCUT2D eigenvalue weighted by molar-refractivity contribution is 6.02. The Bertz CT molecular complexity index is 967. The van der Waals surface area contributed by atoms with E-state index in [1.54, 1.807) is 66.7 Å². The Kier molecular flexibility index (Phi) is 4.58. The van der Waals surface area contributed by atoms with Crippen LogP contribution in [0.25, 0.3) is 0 Å². The largest absolute Gasteiger partial charge is 0.454 e. The lowest BCUT2D eigenvalue weighted by Gasteiger charge is -2.17. The molecule has 0 saturated carbocycles. The van der Waals surface area contributed by atoms with E-state index in [1.165, 1.54) is 0 Å². The lowest BCUT2D eigenvalue weighted by atomic mass is 10.00. The van der Waals surface area contributed by atoms with Crippen LogP contribution in [0.15, 0.2) is 78.9 Å². The van der Waals surface area contributed by atoms with Gasteiger partial charge < -0.3 is 14.2 Å². The molecule has 0 aliphatic carbocycles. The standard InChI is InChI=1S/C22H16O5/c23-20(15-7-3-1-4-8-15)21(16-9-5-2-6-10-16)27-22(24)17-11-12-18-19(13-17)26-14-25-18/h1-13,21H,14H2. The zero-order valence-corrected chi connectivity index (χ0v) is 14.3. The second-order valence-electron chi connectivity index (χ2n) is 5.99. The van der Waals surface area contributed by atoms with E-state index < -0.39 is 12.1 Å². The number of carbonyl (C=O) groups is 2. The molecule has 5 heteroatoms. The number of ether oxygens (including phenoxy) is 3. The van der Waals surface area contributed by atoms with E-state index in [1.807, 2.05) is 12.1 Å². The summed E-state index contributed by atoms with van der Waals surface area (Å²) in [4.78, 5) is 25.7. The molecular formula is C22H16O5. The maximum Gasteiger partial charge on any atom is 0.339 e. The van der Waals surface area contributed by atoms with Crippen LogP contribution in [0.1, 0.15) is 32.4 Å². The Morgan fingerprint density at radius 2 is 1.44 bits per heavy atom. The molecule has 4 rings (SSSR count). The predicted octanol–water partition coefficient (Wildman–Crippen LogP) is 4.20. The highest BCUT2D eigenvalue weighted by atomic mass is 16.7. The van der Waals surface area contributed by atoms with Gasteiger partial charge in [-0.25, -0.2) is 4.79 Å². The zero-order chi connectivity index (χ0) is 18.6. The second kappa shape index (κ2) is 7.33. The number of hydrogen-bond acceptors (Lipinski definition) is 5. The number of Topliss-reactive ketones (excluding diaryl/α,β-unsaturated/α-hetero) is 1. The monoisotopic (exact) mass is 360 g/mol. The first-order chi connectivity index (χ1) is 13.2. The van der Waals surface area contributed by atoms with E-state index in [4.69, 9.17) is 14.2 Å². The minimum absolute atomic E-state index is 0.118. The molecule has 0 N–H and O–H groups in total. The van der Waals surface area contributed by atoms with Gasteiger partial charge >= 0.3 is 5.97 Å². The molecular weight excluding hydrogens is 344 g/mol. The van der Waals surface area contributed by atoms with E-state index >= 15 is 0 Å². The van der Waals surface area contributed by atoms with Crippen LogP contribution < -0.4 is 9.47 Å².